The first-order valence-corrected chi connectivity index (χ1v) is 9.26. The molecule has 0 amide bonds. The van der Waals surface area contributed by atoms with Crippen LogP contribution in [0.2, 0.25) is 0 Å². The molecule has 0 radical (unpaired) electrons. The van der Waals surface area contributed by atoms with Gasteiger partial charge in [0.2, 0.25) is 5.88 Å². The fourth-order valence-corrected chi connectivity index (χ4v) is 4.53. The van der Waals surface area contributed by atoms with E-state index in [4.69, 9.17) is 9.72 Å². The quantitative estimate of drug-likeness (QED) is 0.504. The average Bonchev–Trinajstić information content (AvgIpc) is 3.25. The topological polar surface area (TPSA) is 47.9 Å². The minimum Gasteiger partial charge on any atom is -0.438 e. The predicted molar refractivity (Wildman–Crippen MR) is 99.1 cm³/mol. The standard InChI is InChI=1S/C20H14FN3OS/c21-13-6-8-14(9-7-13)25-19-17-15-4-1-5-16(15)26-20(17)24-18(23-19)12-3-2-10-22-11-12/h2-3,6-11H,1,4-5H2. The van der Waals surface area contributed by atoms with Gasteiger partial charge in [-0.3, -0.25) is 4.98 Å². The molecular weight excluding hydrogens is 349 g/mol. The second-order valence-corrected chi connectivity index (χ2v) is 7.27. The Morgan fingerprint density at radius 3 is 2.73 bits per heavy atom. The van der Waals surface area contributed by atoms with Gasteiger partial charge >= 0.3 is 0 Å². The summed E-state index contributed by atoms with van der Waals surface area (Å²) in [5, 5.41) is 0.986. The van der Waals surface area contributed by atoms with Crippen molar-refractivity contribution in [2.45, 2.75) is 19.3 Å². The molecule has 0 N–H and O–H groups in total. The molecule has 0 unspecified atom stereocenters. The van der Waals surface area contributed by atoms with E-state index in [1.807, 2.05) is 12.1 Å². The molecule has 6 heteroatoms. The summed E-state index contributed by atoms with van der Waals surface area (Å²) >= 11 is 1.71. The maximum atomic E-state index is 13.2. The van der Waals surface area contributed by atoms with Gasteiger partial charge in [0.15, 0.2) is 5.82 Å². The maximum absolute atomic E-state index is 13.2. The van der Waals surface area contributed by atoms with E-state index in [9.17, 15) is 4.39 Å². The third-order valence-electron chi connectivity index (χ3n) is 4.48. The van der Waals surface area contributed by atoms with Crippen LogP contribution in [0.25, 0.3) is 21.6 Å². The number of thiophene rings is 1. The van der Waals surface area contributed by atoms with Crippen molar-refractivity contribution in [1.29, 1.82) is 0 Å². The SMILES string of the molecule is Fc1ccc(Oc2nc(-c3cccnc3)nc3sc4c(c23)CCC4)cc1. The molecule has 26 heavy (non-hydrogen) atoms. The van der Waals surface area contributed by atoms with E-state index in [-0.39, 0.29) is 5.82 Å². The van der Waals surface area contributed by atoms with E-state index in [1.165, 1.54) is 22.6 Å². The Morgan fingerprint density at radius 2 is 1.92 bits per heavy atom. The molecule has 0 atom stereocenters. The van der Waals surface area contributed by atoms with Gasteiger partial charge in [-0.2, -0.15) is 4.98 Å². The lowest BCUT2D eigenvalue weighted by Crippen LogP contribution is -1.96. The molecule has 1 aliphatic carbocycles. The first-order valence-electron chi connectivity index (χ1n) is 8.44. The van der Waals surface area contributed by atoms with E-state index >= 15 is 0 Å². The number of hydrogen-bond donors (Lipinski definition) is 0. The van der Waals surface area contributed by atoms with Crippen molar-refractivity contribution in [3.8, 4) is 23.0 Å². The molecule has 0 saturated heterocycles. The maximum Gasteiger partial charge on any atom is 0.231 e. The second kappa shape index (κ2) is 6.14. The van der Waals surface area contributed by atoms with Crippen molar-refractivity contribution in [2.75, 3.05) is 0 Å². The van der Waals surface area contributed by atoms with Crippen molar-refractivity contribution >= 4 is 21.6 Å². The normalized spacial score (nSPS) is 13.1. The van der Waals surface area contributed by atoms with Crippen molar-refractivity contribution in [1.82, 2.24) is 15.0 Å². The zero-order valence-electron chi connectivity index (χ0n) is 13.8. The first kappa shape index (κ1) is 15.4. The molecule has 128 valence electrons. The zero-order chi connectivity index (χ0) is 17.5. The molecule has 3 heterocycles. The fourth-order valence-electron chi connectivity index (χ4n) is 3.27. The van der Waals surface area contributed by atoms with Crippen LogP contribution in [0.3, 0.4) is 0 Å². The van der Waals surface area contributed by atoms with E-state index < -0.39 is 0 Å². The van der Waals surface area contributed by atoms with Crippen LogP contribution in [-0.4, -0.2) is 15.0 Å². The number of benzene rings is 1. The Labute approximate surface area is 153 Å². The summed E-state index contributed by atoms with van der Waals surface area (Å²) in [6.45, 7) is 0. The van der Waals surface area contributed by atoms with Crippen LogP contribution in [0, 0.1) is 5.82 Å². The number of fused-ring (bicyclic) bond motifs is 3. The van der Waals surface area contributed by atoms with E-state index in [0.29, 0.717) is 17.5 Å². The van der Waals surface area contributed by atoms with Gasteiger partial charge in [0.25, 0.3) is 0 Å². The Hall–Kier alpha value is -2.86. The van der Waals surface area contributed by atoms with Crippen molar-refractivity contribution in [3.05, 3.63) is 65.0 Å². The first-order chi connectivity index (χ1) is 12.8. The van der Waals surface area contributed by atoms with Crippen LogP contribution in [-0.2, 0) is 12.8 Å². The van der Waals surface area contributed by atoms with Crippen LogP contribution < -0.4 is 4.74 Å². The van der Waals surface area contributed by atoms with Gasteiger partial charge in [0.1, 0.15) is 16.4 Å². The third-order valence-corrected chi connectivity index (χ3v) is 5.67. The number of aryl methyl sites for hydroxylation is 2. The third kappa shape index (κ3) is 2.63. The van der Waals surface area contributed by atoms with Gasteiger partial charge in [-0.05, 0) is 61.2 Å². The molecular formula is C20H14FN3OS. The van der Waals surface area contributed by atoms with Gasteiger partial charge in [0.05, 0.1) is 5.39 Å². The number of ether oxygens (including phenoxy) is 1. The molecule has 4 aromatic rings. The van der Waals surface area contributed by atoms with Crippen LogP contribution in [0.1, 0.15) is 16.9 Å². The van der Waals surface area contributed by atoms with Crippen molar-refractivity contribution in [2.24, 2.45) is 0 Å². The highest BCUT2D eigenvalue weighted by atomic mass is 32.1. The van der Waals surface area contributed by atoms with Gasteiger partial charge in [-0.15, -0.1) is 11.3 Å². The summed E-state index contributed by atoms with van der Waals surface area (Å²) in [5.74, 6) is 1.38. The fraction of sp³-hybridized carbons (Fsp3) is 0.150. The smallest absolute Gasteiger partial charge is 0.231 e. The molecule has 4 nitrogen and oxygen atoms in total. The van der Waals surface area contributed by atoms with E-state index in [0.717, 1.165) is 35.0 Å². The van der Waals surface area contributed by atoms with Crippen molar-refractivity contribution in [3.63, 3.8) is 0 Å². The van der Waals surface area contributed by atoms with E-state index in [1.54, 1.807) is 35.9 Å². The molecule has 0 fully saturated rings. The molecule has 5 rings (SSSR count). The molecule has 0 bridgehead atoms. The predicted octanol–water partition coefficient (Wildman–Crippen LogP) is 5.17. The minimum atomic E-state index is -0.294. The average molecular weight is 363 g/mol. The number of rotatable bonds is 3. The monoisotopic (exact) mass is 363 g/mol. The summed E-state index contributed by atoms with van der Waals surface area (Å²) in [6, 6.07) is 9.77. The Bertz CT molecular complexity index is 1090. The number of halogens is 1. The molecule has 0 spiro atoms. The number of aromatic nitrogens is 3. The molecule has 0 aliphatic heterocycles. The molecule has 0 saturated carbocycles. The summed E-state index contributed by atoms with van der Waals surface area (Å²) in [7, 11) is 0. The summed E-state index contributed by atoms with van der Waals surface area (Å²) < 4.78 is 19.3. The van der Waals surface area contributed by atoms with E-state index in [2.05, 4.69) is 9.97 Å². The summed E-state index contributed by atoms with van der Waals surface area (Å²) in [6.07, 6.45) is 6.71. The van der Waals surface area contributed by atoms with Crippen LogP contribution in [0.15, 0.2) is 48.8 Å². The Morgan fingerprint density at radius 1 is 1.04 bits per heavy atom. The lowest BCUT2D eigenvalue weighted by atomic mass is 10.2. The lowest BCUT2D eigenvalue weighted by molar-refractivity contribution is 0.467. The lowest BCUT2D eigenvalue weighted by Gasteiger charge is -2.09. The van der Waals surface area contributed by atoms with Crippen molar-refractivity contribution < 1.29 is 9.13 Å². The van der Waals surface area contributed by atoms with Crippen LogP contribution in [0.4, 0.5) is 4.39 Å². The highest BCUT2D eigenvalue weighted by molar-refractivity contribution is 7.19. The summed E-state index contributed by atoms with van der Waals surface area (Å²) in [4.78, 5) is 15.9. The molecule has 1 aliphatic rings. The van der Waals surface area contributed by atoms with Gasteiger partial charge in [-0.25, -0.2) is 9.37 Å². The summed E-state index contributed by atoms with van der Waals surface area (Å²) in [5.41, 5.74) is 2.13. The Kier molecular flexibility index (Phi) is 3.64. The second-order valence-electron chi connectivity index (χ2n) is 6.19. The number of nitrogens with zero attached hydrogens (tertiary/aromatic N) is 3. The van der Waals surface area contributed by atoms with Gasteiger partial charge < -0.3 is 4.74 Å². The highest BCUT2D eigenvalue weighted by Gasteiger charge is 2.24. The number of hydrogen-bond acceptors (Lipinski definition) is 5. The Balaban J connectivity index is 1.69. The van der Waals surface area contributed by atoms with Crippen LogP contribution in [0.5, 0.6) is 11.6 Å². The minimum absolute atomic E-state index is 0.294. The van der Waals surface area contributed by atoms with Gasteiger partial charge in [0, 0.05) is 22.8 Å². The molecule has 1 aromatic carbocycles. The zero-order valence-corrected chi connectivity index (χ0v) is 14.6. The molecule has 3 aromatic heterocycles. The highest BCUT2D eigenvalue weighted by Crippen LogP contribution is 2.42. The number of pyridine rings is 1. The van der Waals surface area contributed by atoms with Gasteiger partial charge in [-0.1, -0.05) is 0 Å². The van der Waals surface area contributed by atoms with Crippen LogP contribution >= 0.6 is 11.3 Å². The largest absolute Gasteiger partial charge is 0.438 e.